The van der Waals surface area contributed by atoms with Crippen molar-refractivity contribution in [1.82, 2.24) is 4.31 Å². The van der Waals surface area contributed by atoms with Crippen LogP contribution in [0.15, 0.2) is 65.6 Å². The number of ether oxygens (including phenoxy) is 3. The maximum atomic E-state index is 13.4. The first-order valence-corrected chi connectivity index (χ1v) is 12.6. The van der Waals surface area contributed by atoms with Gasteiger partial charge in [-0.2, -0.15) is 0 Å². The van der Waals surface area contributed by atoms with Gasteiger partial charge in [-0.3, -0.25) is 4.79 Å². The number of carbonyl (C=O) groups is 1. The SMILES string of the molecule is COc1ccc(NC(=O)C2(c3ccc4c(c3)OCO4)CC2)cc1-c1cccc(S(=O)(=O)N(C)C)c1.[HH]. The smallest absolute Gasteiger partial charge is 0.242 e. The molecule has 3 aromatic carbocycles. The highest BCUT2D eigenvalue weighted by atomic mass is 32.2. The van der Waals surface area contributed by atoms with Gasteiger partial charge in [-0.05, 0) is 66.4 Å². The van der Waals surface area contributed by atoms with Crippen LogP contribution in [0.1, 0.15) is 19.8 Å². The first-order chi connectivity index (χ1) is 16.7. The summed E-state index contributed by atoms with van der Waals surface area (Å²) in [5, 5.41) is 3.04. The zero-order valence-electron chi connectivity index (χ0n) is 19.7. The van der Waals surface area contributed by atoms with E-state index in [2.05, 4.69) is 5.32 Å². The number of anilines is 1. The van der Waals surface area contributed by atoms with E-state index in [1.165, 1.54) is 18.4 Å². The fraction of sp³-hybridized carbons (Fsp3) is 0.269. The summed E-state index contributed by atoms with van der Waals surface area (Å²) in [4.78, 5) is 13.5. The fourth-order valence-corrected chi connectivity index (χ4v) is 5.21. The molecule has 9 heteroatoms. The summed E-state index contributed by atoms with van der Waals surface area (Å²) in [6.45, 7) is 0.184. The molecule has 0 saturated heterocycles. The van der Waals surface area contributed by atoms with Crippen LogP contribution in [0.4, 0.5) is 5.69 Å². The van der Waals surface area contributed by atoms with Crippen LogP contribution in [0.25, 0.3) is 11.1 Å². The van der Waals surface area contributed by atoms with Gasteiger partial charge in [0.25, 0.3) is 0 Å². The van der Waals surface area contributed by atoms with E-state index in [4.69, 9.17) is 14.2 Å². The number of benzene rings is 3. The number of hydrogen-bond acceptors (Lipinski definition) is 6. The van der Waals surface area contributed by atoms with Crippen LogP contribution in [0.3, 0.4) is 0 Å². The summed E-state index contributed by atoms with van der Waals surface area (Å²) < 4.78 is 42.8. The number of hydrogen-bond donors (Lipinski definition) is 1. The van der Waals surface area contributed by atoms with E-state index in [-0.39, 0.29) is 19.0 Å². The van der Waals surface area contributed by atoms with Crippen molar-refractivity contribution in [2.24, 2.45) is 0 Å². The van der Waals surface area contributed by atoms with Gasteiger partial charge in [0.2, 0.25) is 22.7 Å². The van der Waals surface area contributed by atoms with Gasteiger partial charge in [0.05, 0.1) is 17.4 Å². The van der Waals surface area contributed by atoms with E-state index < -0.39 is 15.4 Å². The minimum Gasteiger partial charge on any atom is -0.496 e. The molecule has 1 amide bonds. The van der Waals surface area contributed by atoms with Crippen LogP contribution in [0.2, 0.25) is 0 Å². The Morgan fingerprint density at radius 3 is 2.51 bits per heavy atom. The predicted molar refractivity (Wildman–Crippen MR) is 134 cm³/mol. The molecular formula is C26H28N2O6S. The van der Waals surface area contributed by atoms with Crippen LogP contribution in [-0.4, -0.2) is 46.6 Å². The lowest BCUT2D eigenvalue weighted by molar-refractivity contribution is -0.118. The fourth-order valence-electron chi connectivity index (χ4n) is 4.26. The van der Waals surface area contributed by atoms with Gasteiger partial charge < -0.3 is 19.5 Å². The summed E-state index contributed by atoms with van der Waals surface area (Å²) in [6.07, 6.45) is 1.48. The molecule has 1 N–H and O–H groups in total. The minimum absolute atomic E-state index is 0. The lowest BCUT2D eigenvalue weighted by Crippen LogP contribution is -2.27. The van der Waals surface area contributed by atoms with E-state index in [0.29, 0.717) is 34.1 Å². The quantitative estimate of drug-likeness (QED) is 0.525. The molecule has 35 heavy (non-hydrogen) atoms. The van der Waals surface area contributed by atoms with Gasteiger partial charge in [0, 0.05) is 26.8 Å². The third kappa shape index (κ3) is 4.11. The second-order valence-corrected chi connectivity index (χ2v) is 11.0. The Morgan fingerprint density at radius 1 is 1.03 bits per heavy atom. The van der Waals surface area contributed by atoms with E-state index in [1.807, 2.05) is 24.3 Å². The second kappa shape index (κ2) is 8.58. The topological polar surface area (TPSA) is 94.2 Å². The monoisotopic (exact) mass is 496 g/mol. The molecule has 0 atom stereocenters. The van der Waals surface area contributed by atoms with E-state index >= 15 is 0 Å². The summed E-state index contributed by atoms with van der Waals surface area (Å²) in [7, 11) is 0.939. The molecule has 0 unspecified atom stereocenters. The van der Waals surface area contributed by atoms with Crippen LogP contribution >= 0.6 is 0 Å². The third-order valence-electron chi connectivity index (χ3n) is 6.49. The zero-order valence-corrected chi connectivity index (χ0v) is 20.5. The van der Waals surface area contributed by atoms with Gasteiger partial charge in [-0.1, -0.05) is 18.2 Å². The number of fused-ring (bicyclic) bond motifs is 1. The van der Waals surface area contributed by atoms with Crippen LogP contribution < -0.4 is 19.5 Å². The van der Waals surface area contributed by atoms with Crippen LogP contribution in [0.5, 0.6) is 17.2 Å². The summed E-state index contributed by atoms with van der Waals surface area (Å²) in [5.41, 5.74) is 2.22. The highest BCUT2D eigenvalue weighted by Crippen LogP contribution is 2.51. The number of methoxy groups -OCH3 is 1. The molecule has 3 aromatic rings. The first kappa shape index (κ1) is 23.2. The molecule has 1 saturated carbocycles. The average Bonchev–Trinajstić information content (AvgIpc) is 3.54. The maximum Gasteiger partial charge on any atom is 0.242 e. The molecule has 8 nitrogen and oxygen atoms in total. The van der Waals surface area contributed by atoms with Crippen molar-refractivity contribution in [3.05, 3.63) is 66.2 Å². The van der Waals surface area contributed by atoms with Crippen molar-refractivity contribution in [3.63, 3.8) is 0 Å². The molecule has 184 valence electrons. The Bertz CT molecular complexity index is 1420. The van der Waals surface area contributed by atoms with E-state index in [0.717, 1.165) is 18.4 Å². The average molecular weight is 497 g/mol. The Morgan fingerprint density at radius 2 is 1.80 bits per heavy atom. The molecule has 1 fully saturated rings. The summed E-state index contributed by atoms with van der Waals surface area (Å²) in [6, 6.07) is 17.6. The molecule has 1 aliphatic carbocycles. The zero-order chi connectivity index (χ0) is 24.8. The number of amides is 1. The molecular weight excluding hydrogens is 468 g/mol. The number of nitrogens with zero attached hydrogens (tertiary/aromatic N) is 1. The number of nitrogens with one attached hydrogen (secondary N) is 1. The van der Waals surface area contributed by atoms with Gasteiger partial charge >= 0.3 is 0 Å². The largest absolute Gasteiger partial charge is 0.496 e. The summed E-state index contributed by atoms with van der Waals surface area (Å²) in [5.74, 6) is 1.81. The Hall–Kier alpha value is -3.56. The molecule has 1 aliphatic heterocycles. The standard InChI is InChI=1S/C26H26N2O6S.H2/c1-28(2)35(30,31)20-6-4-5-17(13-20)21-15-19(8-10-22(21)32-3)27-25(29)26(11-12-26)18-7-9-23-24(14-18)34-16-33-23;/h4-10,13-15H,11-12,16H2,1-3H3,(H,27,29);1H. The van der Waals surface area contributed by atoms with Crippen molar-refractivity contribution in [2.45, 2.75) is 23.2 Å². The first-order valence-electron chi connectivity index (χ1n) is 11.2. The molecule has 0 aromatic heterocycles. The van der Waals surface area contributed by atoms with Gasteiger partial charge in [-0.25, -0.2) is 12.7 Å². The van der Waals surface area contributed by atoms with E-state index in [1.54, 1.807) is 43.5 Å². The molecule has 5 rings (SSSR count). The van der Waals surface area contributed by atoms with Gasteiger partial charge in [0.15, 0.2) is 11.5 Å². The Balaban J connectivity index is 0.00000304. The predicted octanol–water partition coefficient (Wildman–Crippen LogP) is 4.26. The summed E-state index contributed by atoms with van der Waals surface area (Å²) >= 11 is 0. The Kier molecular flexibility index (Phi) is 5.69. The lowest BCUT2D eigenvalue weighted by atomic mass is 9.94. The molecule has 2 aliphatic rings. The van der Waals surface area contributed by atoms with Gasteiger partial charge in [0.1, 0.15) is 5.75 Å². The van der Waals surface area contributed by atoms with E-state index in [9.17, 15) is 13.2 Å². The van der Waals surface area contributed by atoms with Gasteiger partial charge in [-0.15, -0.1) is 0 Å². The maximum absolute atomic E-state index is 13.4. The molecule has 1 heterocycles. The van der Waals surface area contributed by atoms with Crippen molar-refractivity contribution in [2.75, 3.05) is 33.3 Å². The van der Waals surface area contributed by atoms with Crippen molar-refractivity contribution < 1.29 is 28.8 Å². The van der Waals surface area contributed by atoms with Crippen LogP contribution in [-0.2, 0) is 20.2 Å². The molecule has 0 radical (unpaired) electrons. The van der Waals surface area contributed by atoms with Crippen molar-refractivity contribution in [1.29, 1.82) is 0 Å². The highest BCUT2D eigenvalue weighted by Gasteiger charge is 2.51. The number of carbonyl (C=O) groups excluding carboxylic acids is 1. The van der Waals surface area contributed by atoms with Crippen molar-refractivity contribution in [3.8, 4) is 28.4 Å². The van der Waals surface area contributed by atoms with Crippen molar-refractivity contribution >= 4 is 21.6 Å². The minimum atomic E-state index is -3.60. The molecule has 0 spiro atoms. The second-order valence-electron chi connectivity index (χ2n) is 8.83. The normalized spacial score (nSPS) is 15.7. The molecule has 0 bridgehead atoms. The number of sulfonamides is 1. The lowest BCUT2D eigenvalue weighted by Gasteiger charge is -2.18. The highest BCUT2D eigenvalue weighted by molar-refractivity contribution is 7.89. The third-order valence-corrected chi connectivity index (χ3v) is 8.30. The Labute approximate surface area is 206 Å². The van der Waals surface area contributed by atoms with Crippen LogP contribution in [0, 0.1) is 0 Å². The number of rotatable bonds is 7.